The fourth-order valence-electron chi connectivity index (χ4n) is 4.73. The number of nitrogens with zero attached hydrogens (tertiary/aromatic N) is 4. The van der Waals surface area contributed by atoms with Crippen molar-refractivity contribution < 1.29 is 27.4 Å². The predicted molar refractivity (Wildman–Crippen MR) is 127 cm³/mol. The van der Waals surface area contributed by atoms with E-state index in [0.717, 1.165) is 31.6 Å². The third kappa shape index (κ3) is 6.81. The summed E-state index contributed by atoms with van der Waals surface area (Å²) in [4.78, 5) is 11.6. The molecule has 2 aliphatic rings. The first kappa shape index (κ1) is 25.2. The number of alkyl halides is 3. The van der Waals surface area contributed by atoms with Crippen molar-refractivity contribution in [2.24, 2.45) is 5.92 Å². The van der Waals surface area contributed by atoms with Crippen LogP contribution in [-0.4, -0.2) is 68.8 Å². The van der Waals surface area contributed by atoms with Gasteiger partial charge < -0.3 is 29.7 Å². The quantitative estimate of drug-likeness (QED) is 0.590. The number of ether oxygens (including phenoxy) is 3. The van der Waals surface area contributed by atoms with E-state index >= 15 is 0 Å². The van der Waals surface area contributed by atoms with Crippen LogP contribution in [0.5, 0.6) is 11.6 Å². The zero-order valence-electron chi connectivity index (χ0n) is 19.8. The van der Waals surface area contributed by atoms with Gasteiger partial charge in [-0.2, -0.15) is 18.2 Å². The van der Waals surface area contributed by atoms with E-state index in [1.807, 2.05) is 12.1 Å². The van der Waals surface area contributed by atoms with Crippen LogP contribution in [0.25, 0.3) is 0 Å². The van der Waals surface area contributed by atoms with Gasteiger partial charge in [0.1, 0.15) is 6.54 Å². The molecule has 0 radical (unpaired) electrons. The number of benzene rings is 1. The summed E-state index contributed by atoms with van der Waals surface area (Å²) in [5.74, 6) is 0.974. The van der Waals surface area contributed by atoms with Crippen LogP contribution in [0.4, 0.5) is 30.5 Å². The minimum Gasteiger partial charge on any atom is -0.490 e. The molecule has 1 saturated heterocycles. The first-order chi connectivity index (χ1) is 16.8. The fraction of sp³-hybridized carbons (Fsp3) is 0.583. The highest BCUT2D eigenvalue weighted by Gasteiger charge is 2.36. The van der Waals surface area contributed by atoms with E-state index in [1.54, 1.807) is 12.1 Å². The first-order valence-electron chi connectivity index (χ1n) is 11.9. The lowest BCUT2D eigenvalue weighted by atomic mass is 9.85. The number of morpholine rings is 1. The molecule has 1 aromatic heterocycles. The summed E-state index contributed by atoms with van der Waals surface area (Å²) in [6.45, 7) is 2.31. The van der Waals surface area contributed by atoms with Crippen LogP contribution in [0.15, 0.2) is 30.5 Å². The number of hydrogen-bond donors (Lipinski definition) is 1. The van der Waals surface area contributed by atoms with E-state index in [1.165, 1.54) is 18.2 Å². The highest BCUT2D eigenvalue weighted by atomic mass is 19.4. The average Bonchev–Trinajstić information content (AvgIpc) is 2.87. The van der Waals surface area contributed by atoms with Gasteiger partial charge >= 0.3 is 6.18 Å². The van der Waals surface area contributed by atoms with Crippen LogP contribution in [0.1, 0.15) is 25.7 Å². The zero-order chi connectivity index (χ0) is 24.8. The second-order valence-electron chi connectivity index (χ2n) is 8.95. The van der Waals surface area contributed by atoms with Gasteiger partial charge in [-0.15, -0.1) is 0 Å². The zero-order valence-corrected chi connectivity index (χ0v) is 19.8. The molecule has 2 fully saturated rings. The number of halogens is 3. The summed E-state index contributed by atoms with van der Waals surface area (Å²) in [7, 11) is 1.50. The number of rotatable bonds is 8. The lowest BCUT2D eigenvalue weighted by Crippen LogP contribution is -2.44. The lowest BCUT2D eigenvalue weighted by molar-refractivity contribution is -0.121. The Kier molecular flexibility index (Phi) is 8.04. The molecule has 0 spiro atoms. The summed E-state index contributed by atoms with van der Waals surface area (Å²) in [6, 6.07) is 7.23. The van der Waals surface area contributed by atoms with Gasteiger partial charge in [0.05, 0.1) is 33.1 Å². The highest BCUT2D eigenvalue weighted by Crippen LogP contribution is 2.34. The number of anilines is 3. The normalized spacial score (nSPS) is 21.0. The van der Waals surface area contributed by atoms with E-state index in [4.69, 9.17) is 19.9 Å². The predicted octanol–water partition coefficient (Wildman–Crippen LogP) is 3.91. The molecule has 0 bridgehead atoms. The Hall–Kier alpha value is -2.95. The summed E-state index contributed by atoms with van der Waals surface area (Å²) >= 11 is 0. The third-order valence-corrected chi connectivity index (χ3v) is 6.58. The summed E-state index contributed by atoms with van der Waals surface area (Å²) in [5.41, 5.74) is 7.24. The smallest absolute Gasteiger partial charge is 0.405 e. The topological polar surface area (TPSA) is 86.0 Å². The number of hydrogen-bond acceptors (Lipinski definition) is 8. The van der Waals surface area contributed by atoms with Crippen molar-refractivity contribution in [3.05, 3.63) is 30.5 Å². The molecule has 11 heteroatoms. The monoisotopic (exact) mass is 495 g/mol. The van der Waals surface area contributed by atoms with Crippen molar-refractivity contribution in [1.82, 2.24) is 9.97 Å². The Morgan fingerprint density at radius 2 is 1.80 bits per heavy atom. The average molecular weight is 496 g/mol. The molecular weight excluding hydrogens is 463 g/mol. The van der Waals surface area contributed by atoms with Gasteiger partial charge in [0.2, 0.25) is 5.95 Å². The molecule has 8 nitrogen and oxygen atoms in total. The minimum atomic E-state index is -4.29. The molecule has 2 N–H and O–H groups in total. The highest BCUT2D eigenvalue weighted by molar-refractivity contribution is 5.57. The maximum Gasteiger partial charge on any atom is 0.405 e. The fourth-order valence-corrected chi connectivity index (χ4v) is 4.73. The molecule has 1 aliphatic carbocycles. The standard InChI is InChI=1S/C24H32F3N5O3/c1-33-21-14-29-23(28)30-22(21)35-15-17-2-4-19(5-3-17)32(16-24(25,26)27)20-8-6-18(7-9-20)31-10-12-34-13-11-31/h6-9,14,17,19H,2-5,10-13,15-16H2,1H3,(H2,28,29,30). The van der Waals surface area contributed by atoms with Crippen LogP contribution in [0.2, 0.25) is 0 Å². The van der Waals surface area contributed by atoms with Gasteiger partial charge in [-0.3, -0.25) is 0 Å². The van der Waals surface area contributed by atoms with Crippen molar-refractivity contribution in [2.75, 3.05) is 62.1 Å². The van der Waals surface area contributed by atoms with Crippen molar-refractivity contribution in [2.45, 2.75) is 37.9 Å². The van der Waals surface area contributed by atoms with E-state index in [-0.39, 0.29) is 23.8 Å². The van der Waals surface area contributed by atoms with Crippen molar-refractivity contribution >= 4 is 17.3 Å². The maximum atomic E-state index is 13.5. The molecule has 1 aromatic carbocycles. The molecule has 192 valence electrons. The summed E-state index contributed by atoms with van der Waals surface area (Å²) < 4.78 is 56.9. The Labute approximate surface area is 203 Å². The van der Waals surface area contributed by atoms with E-state index in [9.17, 15) is 13.2 Å². The molecule has 2 heterocycles. The Bertz CT molecular complexity index is 946. The van der Waals surface area contributed by atoms with Crippen molar-refractivity contribution in [1.29, 1.82) is 0 Å². The first-order valence-corrected chi connectivity index (χ1v) is 11.9. The Morgan fingerprint density at radius 3 is 2.43 bits per heavy atom. The SMILES string of the molecule is COc1cnc(N)nc1OCC1CCC(N(CC(F)(F)F)c2ccc(N3CCOCC3)cc2)CC1. The van der Waals surface area contributed by atoms with Crippen LogP contribution in [0, 0.1) is 5.92 Å². The van der Waals surface area contributed by atoms with Gasteiger partial charge in [0, 0.05) is 30.5 Å². The van der Waals surface area contributed by atoms with E-state index < -0.39 is 12.7 Å². The van der Waals surface area contributed by atoms with Crippen molar-refractivity contribution in [3.63, 3.8) is 0 Å². The molecule has 2 aromatic rings. The lowest BCUT2D eigenvalue weighted by Gasteiger charge is -2.39. The largest absolute Gasteiger partial charge is 0.490 e. The number of aromatic nitrogens is 2. The molecule has 0 unspecified atom stereocenters. The van der Waals surface area contributed by atoms with Gasteiger partial charge in [-0.1, -0.05) is 0 Å². The molecule has 1 saturated carbocycles. The van der Waals surface area contributed by atoms with Crippen LogP contribution >= 0.6 is 0 Å². The summed E-state index contributed by atoms with van der Waals surface area (Å²) in [6.07, 6.45) is -0.0154. The van der Waals surface area contributed by atoms with Crippen LogP contribution in [-0.2, 0) is 4.74 Å². The second kappa shape index (κ2) is 11.2. The van der Waals surface area contributed by atoms with Crippen LogP contribution in [0.3, 0.4) is 0 Å². The Balaban J connectivity index is 1.38. The number of nitrogens with two attached hydrogens (primary N) is 1. The minimum absolute atomic E-state index is 0.0898. The van der Waals surface area contributed by atoms with Gasteiger partial charge in [-0.25, -0.2) is 4.98 Å². The Morgan fingerprint density at radius 1 is 1.11 bits per heavy atom. The summed E-state index contributed by atoms with van der Waals surface area (Å²) in [5, 5.41) is 0. The van der Waals surface area contributed by atoms with Gasteiger partial charge in [-0.05, 0) is 55.9 Å². The molecule has 0 atom stereocenters. The maximum absolute atomic E-state index is 13.5. The molecule has 4 rings (SSSR count). The molecule has 35 heavy (non-hydrogen) atoms. The number of methoxy groups -OCH3 is 1. The number of nitrogen functional groups attached to an aromatic ring is 1. The van der Waals surface area contributed by atoms with E-state index in [2.05, 4.69) is 14.9 Å². The van der Waals surface area contributed by atoms with Gasteiger partial charge in [0.25, 0.3) is 5.88 Å². The molecular formula is C24H32F3N5O3. The molecule has 1 aliphatic heterocycles. The second-order valence-corrected chi connectivity index (χ2v) is 8.95. The van der Waals surface area contributed by atoms with Crippen LogP contribution < -0.4 is 25.0 Å². The van der Waals surface area contributed by atoms with E-state index in [0.29, 0.717) is 44.1 Å². The third-order valence-electron chi connectivity index (χ3n) is 6.58. The van der Waals surface area contributed by atoms with Crippen molar-refractivity contribution in [3.8, 4) is 11.6 Å². The van der Waals surface area contributed by atoms with Gasteiger partial charge in [0.15, 0.2) is 5.75 Å². The molecule has 0 amide bonds.